The summed E-state index contributed by atoms with van der Waals surface area (Å²) in [5.74, 6) is -0.138. The van der Waals surface area contributed by atoms with Gasteiger partial charge in [-0.2, -0.15) is 0 Å². The number of furan rings is 1. The van der Waals surface area contributed by atoms with Crippen molar-refractivity contribution in [2.45, 2.75) is 32.2 Å². The van der Waals surface area contributed by atoms with Gasteiger partial charge in [-0.05, 0) is 50.5 Å². The number of nitrogens with one attached hydrogen (secondary N) is 1. The molecule has 0 saturated carbocycles. The van der Waals surface area contributed by atoms with E-state index in [9.17, 15) is 9.59 Å². The zero-order valence-corrected chi connectivity index (χ0v) is 13.0. The molecule has 2 aromatic rings. The number of aryl methyl sites for hydroxylation is 1. The molecule has 0 bridgehead atoms. The first kappa shape index (κ1) is 15.3. The fraction of sp³-hybridized carbons (Fsp3) is 0.353. The lowest BCUT2D eigenvalue weighted by Gasteiger charge is -2.34. The minimum atomic E-state index is -0.477. The van der Waals surface area contributed by atoms with Crippen LogP contribution < -0.4 is 5.32 Å². The molecule has 3 heterocycles. The number of likely N-dealkylation sites (tertiary alicyclic amines) is 1. The van der Waals surface area contributed by atoms with Crippen LogP contribution in [0, 0.1) is 6.92 Å². The summed E-state index contributed by atoms with van der Waals surface area (Å²) in [4.78, 5) is 30.8. The molecular formula is C17H19N3O3. The van der Waals surface area contributed by atoms with Crippen LogP contribution in [0.3, 0.4) is 0 Å². The van der Waals surface area contributed by atoms with Gasteiger partial charge in [-0.1, -0.05) is 0 Å². The minimum Gasteiger partial charge on any atom is -0.459 e. The van der Waals surface area contributed by atoms with Crippen molar-refractivity contribution in [2.75, 3.05) is 11.9 Å². The van der Waals surface area contributed by atoms with Gasteiger partial charge in [-0.15, -0.1) is 0 Å². The zero-order valence-electron chi connectivity index (χ0n) is 13.0. The van der Waals surface area contributed by atoms with Crippen LogP contribution in [-0.2, 0) is 4.79 Å². The first-order valence-electron chi connectivity index (χ1n) is 7.73. The van der Waals surface area contributed by atoms with Crippen LogP contribution in [0.1, 0.15) is 35.5 Å². The van der Waals surface area contributed by atoms with E-state index in [1.165, 1.54) is 6.26 Å². The summed E-state index contributed by atoms with van der Waals surface area (Å²) in [6.07, 6.45) is 5.59. The average molecular weight is 313 g/mol. The molecule has 1 saturated heterocycles. The number of aromatic nitrogens is 1. The maximum Gasteiger partial charge on any atom is 0.290 e. The lowest BCUT2D eigenvalue weighted by molar-refractivity contribution is -0.121. The summed E-state index contributed by atoms with van der Waals surface area (Å²) in [5.41, 5.74) is 1.52. The maximum atomic E-state index is 12.6. The Morgan fingerprint density at radius 1 is 1.35 bits per heavy atom. The number of piperidine rings is 1. The highest BCUT2D eigenvalue weighted by atomic mass is 16.3. The molecule has 1 N–H and O–H groups in total. The van der Waals surface area contributed by atoms with Crippen molar-refractivity contribution in [3.05, 3.63) is 48.2 Å². The second-order valence-electron chi connectivity index (χ2n) is 5.66. The average Bonchev–Trinajstić information content (AvgIpc) is 3.08. The molecule has 2 aromatic heterocycles. The van der Waals surface area contributed by atoms with Crippen LogP contribution in [0.15, 0.2) is 41.1 Å². The molecule has 0 aromatic carbocycles. The van der Waals surface area contributed by atoms with E-state index in [1.807, 2.05) is 6.92 Å². The number of carbonyl (C=O) groups is 2. The lowest BCUT2D eigenvalue weighted by Crippen LogP contribution is -2.49. The van der Waals surface area contributed by atoms with Gasteiger partial charge in [0.1, 0.15) is 6.04 Å². The van der Waals surface area contributed by atoms with E-state index < -0.39 is 6.04 Å². The summed E-state index contributed by atoms with van der Waals surface area (Å²) in [7, 11) is 0. The van der Waals surface area contributed by atoms with Gasteiger partial charge in [0.05, 0.1) is 6.26 Å². The minimum absolute atomic E-state index is 0.171. The molecule has 1 aliphatic heterocycles. The first-order valence-corrected chi connectivity index (χ1v) is 7.73. The van der Waals surface area contributed by atoms with Gasteiger partial charge < -0.3 is 14.6 Å². The predicted molar refractivity (Wildman–Crippen MR) is 85.0 cm³/mol. The standard InChI is InChI=1S/C17H19N3O3/c1-12-11-13(7-8-18-12)19-16(21)14-5-2-3-9-20(14)17(22)15-6-4-10-23-15/h4,6-8,10-11,14H,2-3,5,9H2,1H3,(H,18,19,21)/t14-/m0/s1. The van der Waals surface area contributed by atoms with Gasteiger partial charge in [0, 0.05) is 24.1 Å². The molecule has 3 rings (SSSR count). The number of anilines is 1. The molecular weight excluding hydrogens is 294 g/mol. The van der Waals surface area contributed by atoms with Crippen molar-refractivity contribution in [1.29, 1.82) is 0 Å². The number of carbonyl (C=O) groups excluding carboxylic acids is 2. The Kier molecular flexibility index (Phi) is 4.41. The molecule has 6 nitrogen and oxygen atoms in total. The van der Waals surface area contributed by atoms with Crippen LogP contribution in [0.4, 0.5) is 5.69 Å². The van der Waals surface area contributed by atoms with Gasteiger partial charge in [-0.3, -0.25) is 14.6 Å². The maximum absolute atomic E-state index is 12.6. The highest BCUT2D eigenvalue weighted by Gasteiger charge is 2.33. The van der Waals surface area contributed by atoms with Gasteiger partial charge in [-0.25, -0.2) is 0 Å². The van der Waals surface area contributed by atoms with E-state index in [-0.39, 0.29) is 17.6 Å². The van der Waals surface area contributed by atoms with Crippen LogP contribution in [-0.4, -0.2) is 34.3 Å². The van der Waals surface area contributed by atoms with Crippen molar-refractivity contribution in [3.8, 4) is 0 Å². The molecule has 1 atom stereocenters. The number of pyridine rings is 1. The molecule has 1 fully saturated rings. The van der Waals surface area contributed by atoms with E-state index in [1.54, 1.807) is 35.4 Å². The number of nitrogens with zero attached hydrogens (tertiary/aromatic N) is 2. The van der Waals surface area contributed by atoms with Gasteiger partial charge in [0.15, 0.2) is 5.76 Å². The van der Waals surface area contributed by atoms with Crippen LogP contribution in [0.2, 0.25) is 0 Å². The van der Waals surface area contributed by atoms with E-state index in [0.717, 1.165) is 18.5 Å². The predicted octanol–water partition coefficient (Wildman–Crippen LogP) is 2.62. The van der Waals surface area contributed by atoms with Crippen molar-refractivity contribution in [2.24, 2.45) is 0 Å². The third kappa shape index (κ3) is 3.41. The molecule has 0 aliphatic carbocycles. The Labute approximate surface area is 134 Å². The van der Waals surface area contributed by atoms with E-state index in [0.29, 0.717) is 18.7 Å². The largest absolute Gasteiger partial charge is 0.459 e. The normalized spacial score (nSPS) is 17.8. The first-order chi connectivity index (χ1) is 11.1. The van der Waals surface area contributed by atoms with Crippen LogP contribution >= 0.6 is 0 Å². The van der Waals surface area contributed by atoms with Crippen LogP contribution in [0.5, 0.6) is 0 Å². The Balaban J connectivity index is 1.75. The third-order valence-corrected chi connectivity index (χ3v) is 3.96. The molecule has 1 aliphatic rings. The van der Waals surface area contributed by atoms with Crippen molar-refractivity contribution < 1.29 is 14.0 Å². The fourth-order valence-corrected chi connectivity index (χ4v) is 2.84. The Morgan fingerprint density at radius 3 is 2.96 bits per heavy atom. The number of hydrogen-bond acceptors (Lipinski definition) is 4. The molecule has 120 valence electrons. The van der Waals surface area contributed by atoms with Crippen molar-refractivity contribution >= 4 is 17.5 Å². The SMILES string of the molecule is Cc1cc(NC(=O)[C@@H]2CCCCN2C(=O)c2ccco2)ccn1. The van der Waals surface area contributed by atoms with Gasteiger partial charge in [0.25, 0.3) is 5.91 Å². The summed E-state index contributed by atoms with van der Waals surface area (Å²) in [6, 6.07) is 6.37. The fourth-order valence-electron chi connectivity index (χ4n) is 2.84. The van der Waals surface area contributed by atoms with E-state index >= 15 is 0 Å². The van der Waals surface area contributed by atoms with Gasteiger partial charge >= 0.3 is 0 Å². The Morgan fingerprint density at radius 2 is 2.22 bits per heavy atom. The number of amides is 2. The molecule has 0 radical (unpaired) electrons. The highest BCUT2D eigenvalue weighted by Crippen LogP contribution is 2.21. The van der Waals surface area contributed by atoms with E-state index in [2.05, 4.69) is 10.3 Å². The summed E-state index contributed by atoms with van der Waals surface area (Å²) in [6.45, 7) is 2.43. The molecule has 23 heavy (non-hydrogen) atoms. The van der Waals surface area contributed by atoms with Crippen LogP contribution in [0.25, 0.3) is 0 Å². The smallest absolute Gasteiger partial charge is 0.290 e. The van der Waals surface area contributed by atoms with Gasteiger partial charge in [0.2, 0.25) is 5.91 Å². The molecule has 0 spiro atoms. The summed E-state index contributed by atoms with van der Waals surface area (Å²) in [5, 5.41) is 2.88. The molecule has 2 amide bonds. The highest BCUT2D eigenvalue weighted by molar-refractivity contribution is 6.00. The second kappa shape index (κ2) is 6.64. The molecule has 0 unspecified atom stereocenters. The zero-order chi connectivity index (χ0) is 16.2. The summed E-state index contributed by atoms with van der Waals surface area (Å²) < 4.78 is 5.18. The number of hydrogen-bond donors (Lipinski definition) is 1. The lowest BCUT2D eigenvalue weighted by atomic mass is 10.0. The van der Waals surface area contributed by atoms with E-state index in [4.69, 9.17) is 4.42 Å². The summed E-state index contributed by atoms with van der Waals surface area (Å²) >= 11 is 0. The third-order valence-electron chi connectivity index (χ3n) is 3.96. The monoisotopic (exact) mass is 313 g/mol. The quantitative estimate of drug-likeness (QED) is 0.945. The van der Waals surface area contributed by atoms with Crippen molar-refractivity contribution in [3.63, 3.8) is 0 Å². The second-order valence-corrected chi connectivity index (χ2v) is 5.66. The van der Waals surface area contributed by atoms with Crippen molar-refractivity contribution in [1.82, 2.24) is 9.88 Å². The number of rotatable bonds is 3. The Bertz CT molecular complexity index is 697. The topological polar surface area (TPSA) is 75.4 Å². The molecule has 6 heteroatoms. The Hall–Kier alpha value is -2.63.